The molecule has 0 spiro atoms. The number of hydrogen-bond donors (Lipinski definition) is 0. The number of hydrogen-bond acceptors (Lipinski definition) is 6. The predicted octanol–water partition coefficient (Wildman–Crippen LogP) is 0.806. The summed E-state index contributed by atoms with van der Waals surface area (Å²) in [4.78, 5) is 30.8. The lowest BCUT2D eigenvalue weighted by atomic mass is 10.2. The topological polar surface area (TPSA) is 91.5 Å². The Hall–Kier alpha value is -3.36. The van der Waals surface area contributed by atoms with E-state index in [-0.39, 0.29) is 18.0 Å². The molecule has 0 atom stereocenters. The number of nitrogens with zero attached hydrogens (tertiary/aromatic N) is 5. The Labute approximate surface area is 155 Å². The molecule has 0 N–H and O–H groups in total. The molecule has 9 heteroatoms. The normalized spacial score (nSPS) is 10.8. The highest BCUT2D eigenvalue weighted by atomic mass is 16.5. The van der Waals surface area contributed by atoms with Crippen molar-refractivity contribution in [1.82, 2.24) is 24.2 Å². The third kappa shape index (κ3) is 3.62. The molecule has 0 aliphatic rings. The lowest BCUT2D eigenvalue weighted by molar-refractivity contribution is -0.131. The Kier molecular flexibility index (Phi) is 5.11. The zero-order chi connectivity index (χ0) is 19.6. The molecule has 1 aromatic carbocycles. The standard InChI is InChI=1S/C18H21N5O4/c1-21(9-12-5-6-14(26-3)15(7-12)27-4)16(24)10-23-11-19-17-13(18(23)25)8-20-22(17)2/h5-8,11H,9-10H2,1-4H3. The molecule has 2 aromatic heterocycles. The molecule has 0 unspecified atom stereocenters. The van der Waals surface area contributed by atoms with Gasteiger partial charge in [0.25, 0.3) is 5.56 Å². The number of methoxy groups -OCH3 is 2. The molecular weight excluding hydrogens is 350 g/mol. The van der Waals surface area contributed by atoms with Crippen LogP contribution in [0.25, 0.3) is 11.0 Å². The Bertz CT molecular complexity index is 1040. The highest BCUT2D eigenvalue weighted by Crippen LogP contribution is 2.27. The van der Waals surface area contributed by atoms with Crippen molar-refractivity contribution in [3.8, 4) is 11.5 Å². The van der Waals surface area contributed by atoms with Crippen molar-refractivity contribution in [1.29, 1.82) is 0 Å². The number of ether oxygens (including phenoxy) is 2. The molecule has 0 aliphatic heterocycles. The zero-order valence-corrected chi connectivity index (χ0v) is 15.7. The van der Waals surface area contributed by atoms with Crippen LogP contribution in [0.1, 0.15) is 5.56 Å². The number of aryl methyl sites for hydroxylation is 1. The first-order valence-electron chi connectivity index (χ1n) is 8.26. The molecule has 0 saturated heterocycles. The summed E-state index contributed by atoms with van der Waals surface area (Å²) in [7, 11) is 6.52. The number of carbonyl (C=O) groups excluding carboxylic acids is 1. The van der Waals surface area contributed by atoms with Gasteiger partial charge >= 0.3 is 0 Å². The van der Waals surface area contributed by atoms with E-state index < -0.39 is 0 Å². The van der Waals surface area contributed by atoms with Gasteiger partial charge in [0.1, 0.15) is 18.3 Å². The largest absolute Gasteiger partial charge is 0.493 e. The minimum absolute atomic E-state index is 0.0968. The number of likely N-dealkylation sites (N-methyl/N-ethyl adjacent to an activating group) is 1. The molecule has 0 fully saturated rings. The molecule has 142 valence electrons. The molecule has 27 heavy (non-hydrogen) atoms. The van der Waals surface area contributed by atoms with Gasteiger partial charge in [0, 0.05) is 20.6 Å². The molecule has 1 amide bonds. The maximum absolute atomic E-state index is 12.5. The van der Waals surface area contributed by atoms with Crippen molar-refractivity contribution in [3.63, 3.8) is 0 Å². The van der Waals surface area contributed by atoms with Gasteiger partial charge in [-0.3, -0.25) is 18.8 Å². The van der Waals surface area contributed by atoms with Gasteiger partial charge < -0.3 is 14.4 Å². The number of carbonyl (C=O) groups is 1. The van der Waals surface area contributed by atoms with Crippen molar-refractivity contribution in [2.24, 2.45) is 7.05 Å². The summed E-state index contributed by atoms with van der Waals surface area (Å²) in [5, 5.41) is 4.41. The van der Waals surface area contributed by atoms with Crippen LogP contribution in [0.4, 0.5) is 0 Å². The van der Waals surface area contributed by atoms with Gasteiger partial charge in [-0.2, -0.15) is 5.10 Å². The second-order valence-corrected chi connectivity index (χ2v) is 6.12. The van der Waals surface area contributed by atoms with Crippen LogP contribution in [0.3, 0.4) is 0 Å². The van der Waals surface area contributed by atoms with Crippen LogP contribution in [0.2, 0.25) is 0 Å². The van der Waals surface area contributed by atoms with E-state index in [1.54, 1.807) is 39.3 Å². The summed E-state index contributed by atoms with van der Waals surface area (Å²) in [6.07, 6.45) is 2.83. The molecule has 0 aliphatic carbocycles. The first-order chi connectivity index (χ1) is 12.9. The molecule has 0 bridgehead atoms. The SMILES string of the molecule is COc1ccc(CN(C)C(=O)Cn2cnc3c(cnn3C)c2=O)cc1OC. The van der Waals surface area contributed by atoms with Crippen LogP contribution in [0.5, 0.6) is 11.5 Å². The number of amides is 1. The minimum atomic E-state index is -0.291. The first kappa shape index (κ1) is 18.4. The third-order valence-corrected chi connectivity index (χ3v) is 4.32. The maximum atomic E-state index is 12.5. The lowest BCUT2D eigenvalue weighted by Gasteiger charge is -2.18. The summed E-state index contributed by atoms with van der Waals surface area (Å²) >= 11 is 0. The highest BCUT2D eigenvalue weighted by molar-refractivity contribution is 5.77. The van der Waals surface area contributed by atoms with Crippen LogP contribution in [-0.2, 0) is 24.9 Å². The van der Waals surface area contributed by atoms with Crippen LogP contribution in [0, 0.1) is 0 Å². The van der Waals surface area contributed by atoms with Gasteiger partial charge in [-0.15, -0.1) is 0 Å². The van der Waals surface area contributed by atoms with E-state index >= 15 is 0 Å². The van der Waals surface area contributed by atoms with Gasteiger partial charge in [-0.1, -0.05) is 6.07 Å². The molecular formula is C18H21N5O4. The van der Waals surface area contributed by atoms with Gasteiger partial charge in [0.2, 0.25) is 5.91 Å². The van der Waals surface area contributed by atoms with E-state index in [1.807, 2.05) is 12.1 Å². The minimum Gasteiger partial charge on any atom is -0.493 e. The first-order valence-corrected chi connectivity index (χ1v) is 8.26. The van der Waals surface area contributed by atoms with E-state index in [9.17, 15) is 9.59 Å². The van der Waals surface area contributed by atoms with Crippen LogP contribution in [-0.4, -0.2) is 51.4 Å². The van der Waals surface area contributed by atoms with Crippen molar-refractivity contribution in [2.75, 3.05) is 21.3 Å². The number of aromatic nitrogens is 4. The molecule has 0 saturated carbocycles. The number of benzene rings is 1. The molecule has 3 aromatic rings. The van der Waals surface area contributed by atoms with Crippen molar-refractivity contribution >= 4 is 16.9 Å². The van der Waals surface area contributed by atoms with E-state index in [2.05, 4.69) is 10.1 Å². The number of fused-ring (bicyclic) bond motifs is 1. The molecule has 0 radical (unpaired) electrons. The lowest BCUT2D eigenvalue weighted by Crippen LogP contribution is -2.33. The Morgan fingerprint density at radius 2 is 1.96 bits per heavy atom. The van der Waals surface area contributed by atoms with E-state index in [1.165, 1.54) is 21.8 Å². The fourth-order valence-electron chi connectivity index (χ4n) is 2.79. The Morgan fingerprint density at radius 1 is 1.22 bits per heavy atom. The van der Waals surface area contributed by atoms with Gasteiger partial charge in [-0.25, -0.2) is 4.98 Å². The maximum Gasteiger partial charge on any atom is 0.264 e. The summed E-state index contributed by atoms with van der Waals surface area (Å²) < 4.78 is 13.3. The average molecular weight is 371 g/mol. The van der Waals surface area contributed by atoms with E-state index in [0.717, 1.165) is 5.56 Å². The van der Waals surface area contributed by atoms with Crippen molar-refractivity contribution in [3.05, 3.63) is 46.6 Å². The van der Waals surface area contributed by atoms with Crippen molar-refractivity contribution in [2.45, 2.75) is 13.1 Å². The summed E-state index contributed by atoms with van der Waals surface area (Å²) in [6.45, 7) is 0.275. The summed E-state index contributed by atoms with van der Waals surface area (Å²) in [6, 6.07) is 5.47. The quantitative estimate of drug-likeness (QED) is 0.637. The van der Waals surface area contributed by atoms with Crippen LogP contribution >= 0.6 is 0 Å². The predicted molar refractivity (Wildman–Crippen MR) is 98.8 cm³/mol. The van der Waals surface area contributed by atoms with Crippen molar-refractivity contribution < 1.29 is 14.3 Å². The zero-order valence-electron chi connectivity index (χ0n) is 15.7. The molecule has 3 rings (SSSR count). The third-order valence-electron chi connectivity index (χ3n) is 4.32. The monoisotopic (exact) mass is 371 g/mol. The fourth-order valence-corrected chi connectivity index (χ4v) is 2.79. The second-order valence-electron chi connectivity index (χ2n) is 6.12. The average Bonchev–Trinajstić information content (AvgIpc) is 3.05. The van der Waals surface area contributed by atoms with E-state index in [0.29, 0.717) is 29.1 Å². The summed E-state index contributed by atoms with van der Waals surface area (Å²) in [5.41, 5.74) is 1.08. The van der Waals surface area contributed by atoms with Gasteiger partial charge in [0.15, 0.2) is 17.1 Å². The summed E-state index contributed by atoms with van der Waals surface area (Å²) in [5.74, 6) is 1.01. The van der Waals surface area contributed by atoms with Crippen LogP contribution < -0.4 is 15.0 Å². The Morgan fingerprint density at radius 3 is 2.67 bits per heavy atom. The smallest absolute Gasteiger partial charge is 0.264 e. The van der Waals surface area contributed by atoms with E-state index in [4.69, 9.17) is 9.47 Å². The van der Waals surface area contributed by atoms with Crippen LogP contribution in [0.15, 0.2) is 35.5 Å². The number of rotatable bonds is 6. The molecule has 2 heterocycles. The Balaban J connectivity index is 1.75. The molecule has 9 nitrogen and oxygen atoms in total. The fraction of sp³-hybridized carbons (Fsp3) is 0.333. The highest BCUT2D eigenvalue weighted by Gasteiger charge is 2.15. The second kappa shape index (κ2) is 7.48. The van der Waals surface area contributed by atoms with Gasteiger partial charge in [-0.05, 0) is 17.7 Å². The van der Waals surface area contributed by atoms with Gasteiger partial charge in [0.05, 0.1) is 20.4 Å².